The molecule has 1 N–H and O–H groups in total. The monoisotopic (exact) mass is 421 g/mol. The number of benzene rings is 2. The minimum absolute atomic E-state index is 0.0155. The van der Waals surface area contributed by atoms with Crippen LogP contribution in [0.3, 0.4) is 0 Å². The first kappa shape index (κ1) is 23.0. The maximum atomic E-state index is 13.6. The largest absolute Gasteiger partial charge is 0.383 e. The fourth-order valence-corrected chi connectivity index (χ4v) is 4.29. The molecule has 5 heteroatoms. The van der Waals surface area contributed by atoms with Crippen molar-refractivity contribution in [2.24, 2.45) is 11.0 Å². The molecule has 0 spiro atoms. The molecule has 1 amide bonds. The molecule has 0 bridgehead atoms. The first-order chi connectivity index (χ1) is 14.9. The van der Waals surface area contributed by atoms with E-state index < -0.39 is 5.54 Å². The van der Waals surface area contributed by atoms with E-state index in [1.807, 2.05) is 24.1 Å². The van der Waals surface area contributed by atoms with Crippen LogP contribution in [0.1, 0.15) is 49.8 Å². The van der Waals surface area contributed by atoms with Crippen LogP contribution < -0.4 is 10.3 Å². The maximum absolute atomic E-state index is 13.6. The van der Waals surface area contributed by atoms with Gasteiger partial charge in [0, 0.05) is 19.6 Å². The molecule has 0 fully saturated rings. The normalized spacial score (nSPS) is 20.6. The van der Waals surface area contributed by atoms with E-state index >= 15 is 0 Å². The van der Waals surface area contributed by atoms with Gasteiger partial charge in [-0.15, -0.1) is 0 Å². The molecule has 1 aliphatic heterocycles. The topological polar surface area (TPSA) is 53.9 Å². The molecule has 0 aromatic heterocycles. The van der Waals surface area contributed by atoms with Gasteiger partial charge in [-0.3, -0.25) is 4.79 Å². The van der Waals surface area contributed by atoms with Gasteiger partial charge >= 0.3 is 0 Å². The van der Waals surface area contributed by atoms with E-state index in [1.165, 1.54) is 5.56 Å². The second-order valence-corrected chi connectivity index (χ2v) is 8.59. The fraction of sp³-hybridized carbons (Fsp3) is 0.462. The average molecular weight is 422 g/mol. The van der Waals surface area contributed by atoms with E-state index in [-0.39, 0.29) is 11.8 Å². The molecule has 3 rings (SSSR count). The molecular weight excluding hydrogens is 386 g/mol. The summed E-state index contributed by atoms with van der Waals surface area (Å²) < 4.78 is 5.15. The van der Waals surface area contributed by atoms with Crippen LogP contribution in [-0.4, -0.2) is 37.4 Å². The zero-order valence-electron chi connectivity index (χ0n) is 19.4. The van der Waals surface area contributed by atoms with E-state index in [4.69, 9.17) is 9.84 Å². The standard InChI is InChI=1S/C26H35N3O2/c1-6-7-11-23-24(21-14-12-19(2)13-15-21)28-29(22-10-8-9-20(3)18-22)26(23,4)25(30)27-16-17-31-5/h8-10,12-15,18,23H,6-7,11,16-17H2,1-5H3,(H,27,30). The summed E-state index contributed by atoms with van der Waals surface area (Å²) in [6, 6.07) is 16.7. The van der Waals surface area contributed by atoms with Gasteiger partial charge in [0.2, 0.25) is 5.91 Å². The number of ether oxygens (including phenoxy) is 1. The molecule has 1 aliphatic rings. The van der Waals surface area contributed by atoms with Crippen molar-refractivity contribution < 1.29 is 9.53 Å². The van der Waals surface area contributed by atoms with Gasteiger partial charge in [0.25, 0.3) is 0 Å². The summed E-state index contributed by atoms with van der Waals surface area (Å²) in [5, 5.41) is 10.1. The zero-order valence-corrected chi connectivity index (χ0v) is 19.4. The number of amides is 1. The number of unbranched alkanes of at least 4 members (excludes halogenated alkanes) is 1. The Hall–Kier alpha value is -2.66. The van der Waals surface area contributed by atoms with Crippen LogP contribution in [0.4, 0.5) is 5.69 Å². The molecule has 2 aromatic carbocycles. The van der Waals surface area contributed by atoms with Crippen LogP contribution in [0.5, 0.6) is 0 Å². The van der Waals surface area contributed by atoms with E-state index in [9.17, 15) is 4.79 Å². The van der Waals surface area contributed by atoms with Crippen molar-refractivity contribution in [3.63, 3.8) is 0 Å². The van der Waals surface area contributed by atoms with Crippen molar-refractivity contribution >= 4 is 17.3 Å². The summed E-state index contributed by atoms with van der Waals surface area (Å²) in [7, 11) is 1.64. The average Bonchev–Trinajstić information content (AvgIpc) is 3.06. The van der Waals surface area contributed by atoms with Crippen LogP contribution in [0.2, 0.25) is 0 Å². The van der Waals surface area contributed by atoms with Gasteiger partial charge in [0.1, 0.15) is 5.54 Å². The molecule has 2 aromatic rings. The molecule has 31 heavy (non-hydrogen) atoms. The Bertz CT molecular complexity index is 923. The highest BCUT2D eigenvalue weighted by molar-refractivity contribution is 6.10. The first-order valence-corrected chi connectivity index (χ1v) is 11.2. The number of carbonyl (C=O) groups excluding carboxylic acids is 1. The lowest BCUT2D eigenvalue weighted by Gasteiger charge is -2.37. The van der Waals surface area contributed by atoms with Crippen molar-refractivity contribution in [1.29, 1.82) is 0 Å². The van der Waals surface area contributed by atoms with Crippen LogP contribution in [0, 0.1) is 19.8 Å². The second kappa shape index (κ2) is 10.1. The minimum atomic E-state index is -0.822. The Labute approximate surface area is 186 Å². The van der Waals surface area contributed by atoms with Crippen LogP contribution >= 0.6 is 0 Å². The number of rotatable bonds is 9. The number of carbonyl (C=O) groups is 1. The summed E-state index contributed by atoms with van der Waals surface area (Å²) in [6.07, 6.45) is 3.02. The number of methoxy groups -OCH3 is 1. The van der Waals surface area contributed by atoms with Crippen molar-refractivity contribution in [3.05, 3.63) is 65.2 Å². The Morgan fingerprint density at radius 3 is 2.55 bits per heavy atom. The molecule has 2 atom stereocenters. The van der Waals surface area contributed by atoms with Gasteiger partial charge in [-0.05, 0) is 50.5 Å². The summed E-state index contributed by atoms with van der Waals surface area (Å²) in [5.74, 6) is -0.0313. The van der Waals surface area contributed by atoms with E-state index in [0.717, 1.165) is 41.8 Å². The predicted molar refractivity (Wildman–Crippen MR) is 128 cm³/mol. The predicted octanol–water partition coefficient (Wildman–Crippen LogP) is 4.86. The third-order valence-electron chi connectivity index (χ3n) is 6.15. The SMILES string of the molecule is CCCCC1C(c2ccc(C)cc2)=NN(c2cccc(C)c2)C1(C)C(=O)NCCOC. The molecule has 0 saturated heterocycles. The van der Waals surface area contributed by atoms with Gasteiger partial charge in [-0.2, -0.15) is 5.10 Å². The molecule has 166 valence electrons. The number of hydrogen-bond acceptors (Lipinski definition) is 4. The highest BCUT2D eigenvalue weighted by Crippen LogP contribution is 2.42. The van der Waals surface area contributed by atoms with Crippen LogP contribution in [-0.2, 0) is 9.53 Å². The van der Waals surface area contributed by atoms with Crippen molar-refractivity contribution in [2.75, 3.05) is 25.3 Å². The number of nitrogens with zero attached hydrogens (tertiary/aromatic N) is 2. The summed E-state index contributed by atoms with van der Waals surface area (Å²) in [4.78, 5) is 13.6. The van der Waals surface area contributed by atoms with Crippen LogP contribution in [0.15, 0.2) is 53.6 Å². The summed E-state index contributed by atoms with van der Waals surface area (Å²) >= 11 is 0. The first-order valence-electron chi connectivity index (χ1n) is 11.2. The molecular formula is C26H35N3O2. The van der Waals surface area contributed by atoms with E-state index in [1.54, 1.807) is 7.11 Å². The van der Waals surface area contributed by atoms with E-state index in [2.05, 4.69) is 62.5 Å². The lowest BCUT2D eigenvalue weighted by molar-refractivity contribution is -0.127. The number of nitrogens with one attached hydrogen (secondary N) is 1. The third kappa shape index (κ3) is 4.82. The lowest BCUT2D eigenvalue weighted by atomic mass is 9.76. The van der Waals surface area contributed by atoms with Crippen molar-refractivity contribution in [2.45, 2.75) is 52.5 Å². The lowest BCUT2D eigenvalue weighted by Crippen LogP contribution is -2.58. The third-order valence-corrected chi connectivity index (χ3v) is 6.15. The second-order valence-electron chi connectivity index (χ2n) is 8.59. The number of hydrazone groups is 1. The highest BCUT2D eigenvalue weighted by Gasteiger charge is 2.53. The molecule has 0 radical (unpaired) electrons. The van der Waals surface area contributed by atoms with E-state index in [0.29, 0.717) is 13.2 Å². The number of aryl methyl sites for hydroxylation is 2. The molecule has 2 unspecified atom stereocenters. The molecule has 0 saturated carbocycles. The molecule has 1 heterocycles. The Kier molecular flexibility index (Phi) is 7.50. The molecule has 0 aliphatic carbocycles. The highest BCUT2D eigenvalue weighted by atomic mass is 16.5. The Morgan fingerprint density at radius 1 is 1.16 bits per heavy atom. The minimum Gasteiger partial charge on any atom is -0.383 e. The molecule has 5 nitrogen and oxygen atoms in total. The van der Waals surface area contributed by atoms with Gasteiger partial charge in [0.05, 0.1) is 18.0 Å². The summed E-state index contributed by atoms with van der Waals surface area (Å²) in [6.45, 7) is 9.33. The maximum Gasteiger partial charge on any atom is 0.248 e. The van der Waals surface area contributed by atoms with Crippen LogP contribution in [0.25, 0.3) is 0 Å². The Balaban J connectivity index is 2.10. The van der Waals surface area contributed by atoms with Gasteiger partial charge in [0.15, 0.2) is 0 Å². The van der Waals surface area contributed by atoms with Crippen molar-refractivity contribution in [1.82, 2.24) is 5.32 Å². The number of anilines is 1. The van der Waals surface area contributed by atoms with Gasteiger partial charge in [-0.25, -0.2) is 5.01 Å². The zero-order chi connectivity index (χ0) is 22.4. The van der Waals surface area contributed by atoms with Gasteiger partial charge < -0.3 is 10.1 Å². The van der Waals surface area contributed by atoms with Gasteiger partial charge in [-0.1, -0.05) is 61.7 Å². The number of hydrogen-bond donors (Lipinski definition) is 1. The Morgan fingerprint density at radius 2 is 1.90 bits per heavy atom. The fourth-order valence-electron chi connectivity index (χ4n) is 4.29. The quantitative estimate of drug-likeness (QED) is 0.589. The summed E-state index contributed by atoms with van der Waals surface area (Å²) in [5.41, 5.74) is 4.54. The smallest absolute Gasteiger partial charge is 0.248 e. The van der Waals surface area contributed by atoms with Crippen molar-refractivity contribution in [3.8, 4) is 0 Å².